The Morgan fingerprint density at radius 1 is 1.13 bits per heavy atom. The summed E-state index contributed by atoms with van der Waals surface area (Å²) < 4.78 is 4.96. The van der Waals surface area contributed by atoms with Gasteiger partial charge in [0.1, 0.15) is 11.3 Å². The molecule has 0 atom stereocenters. The molecule has 0 aliphatic heterocycles. The second-order valence-corrected chi connectivity index (χ2v) is 2.88. The largest absolute Gasteiger partial charge is 0.508 e. The molecule has 0 aliphatic carbocycles. The van der Waals surface area contributed by atoms with Crippen LogP contribution in [0.3, 0.4) is 0 Å². The Balaban J connectivity index is 0.000000531. The van der Waals surface area contributed by atoms with Gasteiger partial charge in [-0.1, -0.05) is 13.8 Å². The van der Waals surface area contributed by atoms with E-state index in [1.807, 2.05) is 13.8 Å². The predicted molar refractivity (Wildman–Crippen MR) is 60.2 cm³/mol. The van der Waals surface area contributed by atoms with Gasteiger partial charge in [-0.05, 0) is 25.1 Å². The molecular formula is C12H14O3. The molecule has 2 aromatic rings. The van der Waals surface area contributed by atoms with E-state index in [-0.39, 0.29) is 5.75 Å². The van der Waals surface area contributed by atoms with Gasteiger partial charge in [-0.3, -0.25) is 0 Å². The third-order valence-electron chi connectivity index (χ3n) is 2.01. The molecule has 0 aliphatic rings. The molecule has 1 N–H and O–H groups in total. The summed E-state index contributed by atoms with van der Waals surface area (Å²) in [7, 11) is 0. The van der Waals surface area contributed by atoms with Crippen molar-refractivity contribution in [2.75, 3.05) is 0 Å². The molecule has 3 heteroatoms. The maximum atomic E-state index is 10.9. The third kappa shape index (κ3) is 2.18. The lowest BCUT2D eigenvalue weighted by molar-refractivity contribution is 0.468. The first kappa shape index (κ1) is 11.3. The Hall–Kier alpha value is -1.77. The first-order valence-electron chi connectivity index (χ1n) is 4.91. The number of hydrogen-bond acceptors (Lipinski definition) is 3. The molecule has 80 valence electrons. The van der Waals surface area contributed by atoms with E-state index >= 15 is 0 Å². The van der Waals surface area contributed by atoms with Crippen LogP contribution in [0.1, 0.15) is 19.4 Å². The normalized spacial score (nSPS) is 9.53. The minimum absolute atomic E-state index is 0.141. The number of phenolic OH excluding ortho intramolecular Hbond substituents is 1. The highest BCUT2D eigenvalue weighted by Crippen LogP contribution is 2.24. The lowest BCUT2D eigenvalue weighted by atomic mass is 10.1. The lowest BCUT2D eigenvalue weighted by Crippen LogP contribution is -1.95. The molecule has 0 spiro atoms. The topological polar surface area (TPSA) is 50.4 Å². The molecule has 0 unspecified atom stereocenters. The fourth-order valence-corrected chi connectivity index (χ4v) is 1.26. The maximum Gasteiger partial charge on any atom is 0.336 e. The van der Waals surface area contributed by atoms with E-state index in [1.165, 1.54) is 6.07 Å². The molecule has 0 saturated heterocycles. The van der Waals surface area contributed by atoms with Gasteiger partial charge in [-0.15, -0.1) is 0 Å². The maximum absolute atomic E-state index is 10.9. The van der Waals surface area contributed by atoms with Crippen LogP contribution < -0.4 is 5.63 Å². The standard InChI is InChI=1S/C10H8O3.C2H6/c1-6-8(11)4-2-7-3-5-9(12)13-10(6)7;1-2/h2-5,11H,1H3;1-2H3. The van der Waals surface area contributed by atoms with E-state index in [0.29, 0.717) is 11.1 Å². The first-order chi connectivity index (χ1) is 7.18. The molecule has 0 radical (unpaired) electrons. The quantitative estimate of drug-likeness (QED) is 0.674. The Kier molecular flexibility index (Phi) is 3.50. The highest BCUT2D eigenvalue weighted by Gasteiger charge is 2.04. The summed E-state index contributed by atoms with van der Waals surface area (Å²) in [5.41, 5.74) is 0.643. The summed E-state index contributed by atoms with van der Waals surface area (Å²) in [6, 6.07) is 6.32. The van der Waals surface area contributed by atoms with Crippen molar-refractivity contribution in [1.29, 1.82) is 0 Å². The van der Waals surface area contributed by atoms with Crippen molar-refractivity contribution >= 4 is 11.0 Å². The summed E-state index contributed by atoms with van der Waals surface area (Å²) in [5.74, 6) is 0.141. The SMILES string of the molecule is CC.Cc1c(O)ccc2ccc(=O)oc12. The van der Waals surface area contributed by atoms with Gasteiger partial charge in [0.25, 0.3) is 0 Å². The van der Waals surface area contributed by atoms with E-state index in [9.17, 15) is 9.90 Å². The van der Waals surface area contributed by atoms with Crippen LogP contribution in [-0.2, 0) is 0 Å². The van der Waals surface area contributed by atoms with Gasteiger partial charge in [0.2, 0.25) is 0 Å². The summed E-state index contributed by atoms with van der Waals surface area (Å²) in [6.45, 7) is 5.71. The van der Waals surface area contributed by atoms with Crippen LogP contribution >= 0.6 is 0 Å². The second-order valence-electron chi connectivity index (χ2n) is 2.88. The van der Waals surface area contributed by atoms with Crippen LogP contribution in [0.15, 0.2) is 33.5 Å². The highest BCUT2D eigenvalue weighted by atomic mass is 16.4. The van der Waals surface area contributed by atoms with Gasteiger partial charge in [-0.25, -0.2) is 4.79 Å². The Morgan fingerprint density at radius 3 is 2.40 bits per heavy atom. The first-order valence-corrected chi connectivity index (χ1v) is 4.91. The Bertz CT molecular complexity index is 512. The number of hydrogen-bond donors (Lipinski definition) is 1. The molecule has 1 aromatic carbocycles. The van der Waals surface area contributed by atoms with Gasteiger partial charge in [0.15, 0.2) is 0 Å². The van der Waals surface area contributed by atoms with Crippen LogP contribution in [0.25, 0.3) is 11.0 Å². The number of aryl methyl sites for hydroxylation is 1. The summed E-state index contributed by atoms with van der Waals surface area (Å²) >= 11 is 0. The monoisotopic (exact) mass is 206 g/mol. The Morgan fingerprint density at radius 2 is 1.73 bits per heavy atom. The van der Waals surface area contributed by atoms with Crippen LogP contribution in [0, 0.1) is 6.92 Å². The zero-order valence-electron chi connectivity index (χ0n) is 9.07. The molecule has 15 heavy (non-hydrogen) atoms. The third-order valence-corrected chi connectivity index (χ3v) is 2.01. The molecule has 3 nitrogen and oxygen atoms in total. The van der Waals surface area contributed by atoms with Crippen molar-refractivity contribution in [3.63, 3.8) is 0 Å². The number of aromatic hydroxyl groups is 1. The Labute approximate surface area is 88.0 Å². The summed E-state index contributed by atoms with van der Waals surface area (Å²) in [5, 5.41) is 10.2. The van der Waals surface area contributed by atoms with Crippen LogP contribution in [0.4, 0.5) is 0 Å². The minimum atomic E-state index is -0.402. The summed E-state index contributed by atoms with van der Waals surface area (Å²) in [4.78, 5) is 10.9. The van der Waals surface area contributed by atoms with Gasteiger partial charge < -0.3 is 9.52 Å². The second kappa shape index (κ2) is 4.64. The van der Waals surface area contributed by atoms with Crippen molar-refractivity contribution in [3.05, 3.63) is 40.2 Å². The number of fused-ring (bicyclic) bond motifs is 1. The van der Waals surface area contributed by atoms with Crippen LogP contribution in [0.5, 0.6) is 5.75 Å². The zero-order valence-corrected chi connectivity index (χ0v) is 9.07. The van der Waals surface area contributed by atoms with Gasteiger partial charge in [0.05, 0.1) is 0 Å². The van der Waals surface area contributed by atoms with E-state index in [2.05, 4.69) is 0 Å². The van der Waals surface area contributed by atoms with E-state index in [4.69, 9.17) is 4.42 Å². The average molecular weight is 206 g/mol. The minimum Gasteiger partial charge on any atom is -0.508 e. The number of benzene rings is 1. The van der Waals surface area contributed by atoms with Crippen molar-refractivity contribution in [2.24, 2.45) is 0 Å². The van der Waals surface area contributed by atoms with Crippen LogP contribution in [-0.4, -0.2) is 5.11 Å². The number of rotatable bonds is 0. The fraction of sp³-hybridized carbons (Fsp3) is 0.250. The zero-order chi connectivity index (χ0) is 11.4. The average Bonchev–Trinajstić information content (AvgIpc) is 2.27. The van der Waals surface area contributed by atoms with Crippen molar-refractivity contribution in [3.8, 4) is 5.75 Å². The molecule has 0 fully saturated rings. The fourth-order valence-electron chi connectivity index (χ4n) is 1.26. The van der Waals surface area contributed by atoms with Crippen molar-refractivity contribution in [1.82, 2.24) is 0 Å². The van der Waals surface area contributed by atoms with Gasteiger partial charge in [-0.2, -0.15) is 0 Å². The van der Waals surface area contributed by atoms with Crippen molar-refractivity contribution < 1.29 is 9.52 Å². The van der Waals surface area contributed by atoms with E-state index < -0.39 is 5.63 Å². The van der Waals surface area contributed by atoms with Gasteiger partial charge in [0, 0.05) is 17.0 Å². The highest BCUT2D eigenvalue weighted by molar-refractivity contribution is 5.81. The molecular weight excluding hydrogens is 192 g/mol. The van der Waals surface area contributed by atoms with E-state index in [1.54, 1.807) is 25.1 Å². The van der Waals surface area contributed by atoms with Gasteiger partial charge >= 0.3 is 5.63 Å². The smallest absolute Gasteiger partial charge is 0.336 e. The van der Waals surface area contributed by atoms with Crippen LogP contribution in [0.2, 0.25) is 0 Å². The van der Waals surface area contributed by atoms with Crippen molar-refractivity contribution in [2.45, 2.75) is 20.8 Å². The predicted octanol–water partition coefficient (Wildman–Crippen LogP) is 2.83. The molecule has 0 amide bonds. The number of phenols is 1. The molecule has 2 rings (SSSR count). The molecule has 1 aromatic heterocycles. The van der Waals surface area contributed by atoms with E-state index in [0.717, 1.165) is 5.39 Å². The lowest BCUT2D eigenvalue weighted by Gasteiger charge is -2.01. The molecule has 0 bridgehead atoms. The molecule has 1 heterocycles. The molecule has 0 saturated carbocycles. The summed E-state index contributed by atoms with van der Waals surface area (Å²) in [6.07, 6.45) is 0.